The Morgan fingerprint density at radius 1 is 1.04 bits per heavy atom. The molecule has 6 heteroatoms. The first kappa shape index (κ1) is 24.0. The van der Waals surface area contributed by atoms with E-state index in [0.717, 1.165) is 42.6 Å². The van der Waals surface area contributed by atoms with Gasteiger partial charge in [-0.2, -0.15) is 0 Å². The van der Waals surface area contributed by atoms with Gasteiger partial charge in [-0.15, -0.1) is 24.8 Å². The third-order valence-electron chi connectivity index (χ3n) is 4.95. The van der Waals surface area contributed by atoms with Crippen molar-refractivity contribution < 1.29 is 4.39 Å². The Hall–Kier alpha value is -1.00. The molecule has 2 aromatic rings. The maximum Gasteiger partial charge on any atom is 0.123 e. The Balaban J connectivity index is 0.00000182. The van der Waals surface area contributed by atoms with Gasteiger partial charge in [-0.05, 0) is 87.1 Å². The van der Waals surface area contributed by atoms with E-state index < -0.39 is 0 Å². The Morgan fingerprint density at radius 2 is 1.74 bits per heavy atom. The fraction of sp³-hybridized carbons (Fsp3) is 0.429. The summed E-state index contributed by atoms with van der Waals surface area (Å²) in [6.45, 7) is 4.44. The molecule has 3 rings (SSSR count). The van der Waals surface area contributed by atoms with Crippen molar-refractivity contribution in [1.82, 2.24) is 4.90 Å². The number of hydrogen-bond donors (Lipinski definition) is 1. The van der Waals surface area contributed by atoms with Crippen molar-refractivity contribution in [1.29, 1.82) is 0 Å². The van der Waals surface area contributed by atoms with Gasteiger partial charge in [-0.25, -0.2) is 4.39 Å². The Bertz CT molecular complexity index is 659. The maximum absolute atomic E-state index is 13.0. The SMILES string of the molecule is Cl.Cl.Fc1ccc(CC2CCN(CCCNc3cccc(Cl)c3)CC2)cc1. The van der Waals surface area contributed by atoms with Crippen molar-refractivity contribution in [2.45, 2.75) is 25.7 Å². The van der Waals surface area contributed by atoms with Gasteiger partial charge in [0.25, 0.3) is 0 Å². The van der Waals surface area contributed by atoms with Crippen molar-refractivity contribution >= 4 is 42.1 Å². The summed E-state index contributed by atoms with van der Waals surface area (Å²) in [5.74, 6) is 0.580. The summed E-state index contributed by atoms with van der Waals surface area (Å²) < 4.78 is 13.0. The van der Waals surface area contributed by atoms with Crippen LogP contribution in [-0.2, 0) is 6.42 Å². The van der Waals surface area contributed by atoms with Crippen molar-refractivity contribution in [3.05, 3.63) is 64.9 Å². The summed E-state index contributed by atoms with van der Waals surface area (Å²) >= 11 is 5.99. The van der Waals surface area contributed by atoms with E-state index in [-0.39, 0.29) is 30.6 Å². The minimum atomic E-state index is -0.148. The largest absolute Gasteiger partial charge is 0.385 e. The third kappa shape index (κ3) is 8.27. The Kier molecular flexibility index (Phi) is 11.1. The molecular formula is C21H28Cl3FN2. The van der Waals surface area contributed by atoms with Gasteiger partial charge in [-0.3, -0.25) is 0 Å². The number of anilines is 1. The molecule has 0 spiro atoms. The van der Waals surface area contributed by atoms with Crippen molar-refractivity contribution in [3.63, 3.8) is 0 Å². The van der Waals surface area contributed by atoms with E-state index in [1.807, 2.05) is 36.4 Å². The van der Waals surface area contributed by atoms with E-state index in [1.54, 1.807) is 12.1 Å². The Labute approximate surface area is 179 Å². The summed E-state index contributed by atoms with van der Waals surface area (Å²) in [5.41, 5.74) is 2.34. The van der Waals surface area contributed by atoms with Gasteiger partial charge >= 0.3 is 0 Å². The monoisotopic (exact) mass is 432 g/mol. The van der Waals surface area contributed by atoms with Gasteiger partial charge in [0.05, 0.1) is 0 Å². The fourth-order valence-corrected chi connectivity index (χ4v) is 3.69. The number of nitrogens with one attached hydrogen (secondary N) is 1. The number of piperidine rings is 1. The van der Waals surface area contributed by atoms with E-state index in [0.29, 0.717) is 0 Å². The first-order chi connectivity index (χ1) is 12.2. The van der Waals surface area contributed by atoms with E-state index >= 15 is 0 Å². The van der Waals surface area contributed by atoms with Gasteiger partial charge in [0.15, 0.2) is 0 Å². The van der Waals surface area contributed by atoms with Crippen LogP contribution in [0.25, 0.3) is 0 Å². The van der Waals surface area contributed by atoms with Crippen molar-refractivity contribution in [2.24, 2.45) is 5.92 Å². The normalized spacial score (nSPS) is 14.9. The van der Waals surface area contributed by atoms with Crippen LogP contribution in [0.15, 0.2) is 48.5 Å². The second kappa shape index (κ2) is 12.5. The first-order valence-corrected chi connectivity index (χ1v) is 9.53. The lowest BCUT2D eigenvalue weighted by molar-refractivity contribution is 0.183. The Morgan fingerprint density at radius 3 is 2.41 bits per heavy atom. The van der Waals surface area contributed by atoms with Gasteiger partial charge in [-0.1, -0.05) is 29.8 Å². The molecule has 0 atom stereocenters. The fourth-order valence-electron chi connectivity index (χ4n) is 3.50. The van der Waals surface area contributed by atoms with Gasteiger partial charge < -0.3 is 10.2 Å². The summed E-state index contributed by atoms with van der Waals surface area (Å²) in [6, 6.07) is 14.8. The number of benzene rings is 2. The summed E-state index contributed by atoms with van der Waals surface area (Å²) in [5, 5.41) is 4.20. The zero-order valence-corrected chi connectivity index (χ0v) is 17.8. The molecule has 1 N–H and O–H groups in total. The lowest BCUT2D eigenvalue weighted by atomic mass is 9.90. The van der Waals surface area contributed by atoms with Crippen LogP contribution in [0.5, 0.6) is 0 Å². The second-order valence-electron chi connectivity index (χ2n) is 6.91. The lowest BCUT2D eigenvalue weighted by Crippen LogP contribution is -2.35. The molecule has 1 heterocycles. The minimum absolute atomic E-state index is 0. The molecule has 0 unspecified atom stereocenters. The van der Waals surface area contributed by atoms with Crippen molar-refractivity contribution in [3.8, 4) is 0 Å². The number of hydrogen-bond acceptors (Lipinski definition) is 2. The van der Waals surface area contributed by atoms with Crippen LogP contribution < -0.4 is 5.32 Å². The molecule has 0 aliphatic carbocycles. The quantitative estimate of drug-likeness (QED) is 0.532. The molecule has 0 radical (unpaired) electrons. The number of nitrogens with zero attached hydrogens (tertiary/aromatic N) is 1. The highest BCUT2D eigenvalue weighted by atomic mass is 35.5. The van der Waals surface area contributed by atoms with Crippen LogP contribution in [0.4, 0.5) is 10.1 Å². The highest BCUT2D eigenvalue weighted by Gasteiger charge is 2.19. The molecule has 0 bridgehead atoms. The van der Waals surface area contributed by atoms with Crippen LogP contribution in [0, 0.1) is 11.7 Å². The van der Waals surface area contributed by atoms with Crippen LogP contribution in [0.1, 0.15) is 24.8 Å². The van der Waals surface area contributed by atoms with Gasteiger partial charge in [0, 0.05) is 17.3 Å². The molecule has 0 aromatic heterocycles. The van der Waals surface area contributed by atoms with Crippen molar-refractivity contribution in [2.75, 3.05) is 31.5 Å². The molecule has 2 aromatic carbocycles. The van der Waals surface area contributed by atoms with Gasteiger partial charge in [0.2, 0.25) is 0 Å². The molecule has 0 amide bonds. The van der Waals surface area contributed by atoms with Crippen LogP contribution >= 0.6 is 36.4 Å². The summed E-state index contributed by atoms with van der Waals surface area (Å²) in [7, 11) is 0. The minimum Gasteiger partial charge on any atom is -0.385 e. The highest BCUT2D eigenvalue weighted by Crippen LogP contribution is 2.22. The number of rotatable bonds is 7. The lowest BCUT2D eigenvalue weighted by Gasteiger charge is -2.32. The molecular weight excluding hydrogens is 406 g/mol. The molecule has 1 fully saturated rings. The van der Waals surface area contributed by atoms with Gasteiger partial charge in [0.1, 0.15) is 5.82 Å². The zero-order valence-electron chi connectivity index (χ0n) is 15.4. The number of halogens is 4. The predicted molar refractivity (Wildman–Crippen MR) is 118 cm³/mol. The summed E-state index contributed by atoms with van der Waals surface area (Å²) in [6.07, 6.45) is 4.68. The maximum atomic E-state index is 13.0. The molecule has 27 heavy (non-hydrogen) atoms. The predicted octanol–water partition coefficient (Wildman–Crippen LogP) is 6.08. The van der Waals surface area contributed by atoms with Crippen LogP contribution in [-0.4, -0.2) is 31.1 Å². The van der Waals surface area contributed by atoms with E-state index in [2.05, 4.69) is 10.2 Å². The topological polar surface area (TPSA) is 15.3 Å². The summed E-state index contributed by atoms with van der Waals surface area (Å²) in [4.78, 5) is 2.56. The van der Waals surface area contributed by atoms with E-state index in [1.165, 1.54) is 31.5 Å². The third-order valence-corrected chi connectivity index (χ3v) is 5.18. The zero-order chi connectivity index (χ0) is 17.5. The first-order valence-electron chi connectivity index (χ1n) is 9.15. The average Bonchev–Trinajstić information content (AvgIpc) is 2.62. The second-order valence-corrected chi connectivity index (χ2v) is 7.34. The smallest absolute Gasteiger partial charge is 0.123 e. The van der Waals surface area contributed by atoms with E-state index in [4.69, 9.17) is 11.6 Å². The average molecular weight is 434 g/mol. The van der Waals surface area contributed by atoms with Crippen LogP contribution in [0.2, 0.25) is 5.02 Å². The molecule has 2 nitrogen and oxygen atoms in total. The molecule has 0 saturated carbocycles. The standard InChI is InChI=1S/C21H26ClFN2.2ClH/c22-19-3-1-4-21(16-19)24-11-2-12-25-13-9-18(10-14-25)15-17-5-7-20(23)8-6-17;;/h1,3-8,16,18,24H,2,9-15H2;2*1H. The number of likely N-dealkylation sites (tertiary alicyclic amines) is 1. The molecule has 1 aliphatic rings. The van der Waals surface area contributed by atoms with Crippen LogP contribution in [0.3, 0.4) is 0 Å². The van der Waals surface area contributed by atoms with E-state index in [9.17, 15) is 4.39 Å². The molecule has 1 saturated heterocycles. The highest BCUT2D eigenvalue weighted by molar-refractivity contribution is 6.30. The molecule has 150 valence electrons. The molecule has 1 aliphatic heterocycles.